The van der Waals surface area contributed by atoms with E-state index in [0.717, 1.165) is 58.9 Å². The Hall–Kier alpha value is -2.64. The van der Waals surface area contributed by atoms with Crippen molar-refractivity contribution in [1.82, 2.24) is 24.8 Å². The topological polar surface area (TPSA) is 70.8 Å². The summed E-state index contributed by atoms with van der Waals surface area (Å²) in [6, 6.07) is 12.1. The molecule has 0 fully saturated rings. The van der Waals surface area contributed by atoms with Crippen LogP contribution in [0.15, 0.2) is 57.3 Å². The number of nitrogens with zero attached hydrogens (tertiary/aromatic N) is 4. The summed E-state index contributed by atoms with van der Waals surface area (Å²) in [5, 5.41) is 1.69. The second-order valence-electron chi connectivity index (χ2n) is 8.76. The number of H-pyrrole nitrogens is 1. The number of imidazole rings is 1. The lowest BCUT2D eigenvalue weighted by molar-refractivity contribution is 0.217. The van der Waals surface area contributed by atoms with Crippen LogP contribution in [0.5, 0.6) is 0 Å². The summed E-state index contributed by atoms with van der Waals surface area (Å²) < 4.78 is 6.07. The summed E-state index contributed by atoms with van der Waals surface area (Å²) in [6.07, 6.45) is 2.95. The Labute approximate surface area is 180 Å². The number of hydrogen-bond donors (Lipinski definition) is 1. The van der Waals surface area contributed by atoms with E-state index >= 15 is 0 Å². The molecule has 7 heteroatoms. The van der Waals surface area contributed by atoms with Gasteiger partial charge in [0.25, 0.3) is 0 Å². The van der Waals surface area contributed by atoms with Gasteiger partial charge in [0.15, 0.2) is 10.2 Å². The molecule has 1 N–H and O–H groups in total. The van der Waals surface area contributed by atoms with Gasteiger partial charge in [0.1, 0.15) is 11.6 Å². The van der Waals surface area contributed by atoms with Crippen LogP contribution in [0.2, 0.25) is 0 Å². The first kappa shape index (κ1) is 19.3. The number of aromatic nitrogens is 4. The van der Waals surface area contributed by atoms with Gasteiger partial charge in [-0.1, -0.05) is 32.9 Å². The number of nitrogens with one attached hydrogen (secondary N) is 1. The van der Waals surface area contributed by atoms with Crippen LogP contribution in [0, 0.1) is 0 Å². The predicted molar refractivity (Wildman–Crippen MR) is 117 cm³/mol. The monoisotopic (exact) mass is 419 g/mol. The lowest BCUT2D eigenvalue weighted by atomic mass is 9.95. The van der Waals surface area contributed by atoms with Gasteiger partial charge in [-0.3, -0.25) is 4.90 Å². The van der Waals surface area contributed by atoms with Crippen molar-refractivity contribution in [2.45, 2.75) is 55.9 Å². The second kappa shape index (κ2) is 7.56. The Kier molecular flexibility index (Phi) is 4.87. The Morgan fingerprint density at radius 2 is 2.00 bits per heavy atom. The van der Waals surface area contributed by atoms with E-state index in [9.17, 15) is 0 Å². The highest BCUT2D eigenvalue weighted by Gasteiger charge is 2.23. The van der Waals surface area contributed by atoms with Gasteiger partial charge >= 0.3 is 0 Å². The summed E-state index contributed by atoms with van der Waals surface area (Å²) in [4.78, 5) is 19.7. The van der Waals surface area contributed by atoms with Gasteiger partial charge in [0, 0.05) is 42.4 Å². The fourth-order valence-electron chi connectivity index (χ4n) is 3.66. The van der Waals surface area contributed by atoms with E-state index in [1.165, 1.54) is 23.0 Å². The number of rotatable bonds is 4. The molecule has 0 saturated heterocycles. The number of para-hydroxylation sites is 2. The number of hydrogen-bond acceptors (Lipinski definition) is 6. The van der Waals surface area contributed by atoms with E-state index in [2.05, 4.69) is 46.7 Å². The van der Waals surface area contributed by atoms with Crippen molar-refractivity contribution in [3.63, 3.8) is 0 Å². The molecule has 4 heterocycles. The van der Waals surface area contributed by atoms with Crippen LogP contribution >= 0.6 is 11.8 Å². The molecule has 0 aliphatic carbocycles. The van der Waals surface area contributed by atoms with Crippen LogP contribution in [-0.4, -0.2) is 31.4 Å². The third-order valence-electron chi connectivity index (χ3n) is 5.27. The van der Waals surface area contributed by atoms with Crippen molar-refractivity contribution in [1.29, 1.82) is 0 Å². The van der Waals surface area contributed by atoms with Gasteiger partial charge in [0.05, 0.1) is 17.6 Å². The molecule has 3 aromatic heterocycles. The third kappa shape index (κ3) is 4.00. The molecule has 0 amide bonds. The lowest BCUT2D eigenvalue weighted by Gasteiger charge is -2.28. The predicted octanol–water partition coefficient (Wildman–Crippen LogP) is 4.95. The van der Waals surface area contributed by atoms with E-state index in [-0.39, 0.29) is 5.41 Å². The van der Waals surface area contributed by atoms with E-state index in [0.29, 0.717) is 0 Å². The van der Waals surface area contributed by atoms with Gasteiger partial charge in [-0.2, -0.15) is 0 Å². The van der Waals surface area contributed by atoms with Gasteiger partial charge in [-0.05, 0) is 36.0 Å². The van der Waals surface area contributed by atoms with Crippen LogP contribution in [0.1, 0.15) is 43.6 Å². The van der Waals surface area contributed by atoms with Crippen LogP contribution in [0.25, 0.3) is 11.0 Å². The normalized spacial score (nSPS) is 14.9. The summed E-state index contributed by atoms with van der Waals surface area (Å²) in [6.45, 7) is 9.07. The average Bonchev–Trinajstić information content (AvgIpc) is 3.33. The highest BCUT2D eigenvalue weighted by molar-refractivity contribution is 7.99. The number of furan rings is 1. The molecule has 0 spiro atoms. The Bertz CT molecular complexity index is 1160. The summed E-state index contributed by atoms with van der Waals surface area (Å²) in [5.74, 6) is 1.89. The first-order valence-electron chi connectivity index (χ1n) is 10.2. The maximum atomic E-state index is 6.07. The number of aromatic amines is 1. The van der Waals surface area contributed by atoms with Gasteiger partial charge in [-0.15, -0.1) is 0 Å². The van der Waals surface area contributed by atoms with Gasteiger partial charge < -0.3 is 9.40 Å². The smallest absolute Gasteiger partial charge is 0.174 e. The summed E-state index contributed by atoms with van der Waals surface area (Å²) in [5.41, 5.74) is 4.39. The van der Waals surface area contributed by atoms with Crippen molar-refractivity contribution >= 4 is 22.8 Å². The van der Waals surface area contributed by atoms with Crippen LogP contribution < -0.4 is 0 Å². The fraction of sp³-hybridized carbons (Fsp3) is 0.348. The highest BCUT2D eigenvalue weighted by Crippen LogP contribution is 2.30. The minimum absolute atomic E-state index is 0.0196. The molecule has 4 aromatic rings. The van der Waals surface area contributed by atoms with Crippen LogP contribution in [-0.2, 0) is 24.9 Å². The van der Waals surface area contributed by atoms with Gasteiger partial charge in [-0.25, -0.2) is 15.0 Å². The number of benzene rings is 1. The van der Waals surface area contributed by atoms with Crippen molar-refractivity contribution in [2.75, 3.05) is 6.54 Å². The molecular weight excluding hydrogens is 394 g/mol. The van der Waals surface area contributed by atoms with Crippen molar-refractivity contribution < 1.29 is 4.42 Å². The Morgan fingerprint density at radius 3 is 2.83 bits per heavy atom. The molecule has 0 saturated carbocycles. The maximum absolute atomic E-state index is 6.07. The highest BCUT2D eigenvalue weighted by atomic mass is 32.2. The molecule has 1 aliphatic rings. The largest absolute Gasteiger partial charge is 0.453 e. The summed E-state index contributed by atoms with van der Waals surface area (Å²) >= 11 is 1.52. The molecule has 5 rings (SSSR count). The molecule has 0 bridgehead atoms. The summed E-state index contributed by atoms with van der Waals surface area (Å²) in [7, 11) is 0. The van der Waals surface area contributed by atoms with Crippen molar-refractivity contribution in [3.8, 4) is 0 Å². The standard InChI is InChI=1S/C23H25N5OS/c1-23(2,3)21-24-12-15-13-28(11-10-17(15)25-21)14-16-8-9-20(29-16)30-22-26-18-6-4-5-7-19(18)27-22/h4-9,12H,10-11,13-14H2,1-3H3,(H,26,27). The Morgan fingerprint density at radius 1 is 1.13 bits per heavy atom. The Balaban J connectivity index is 1.24. The molecule has 1 aromatic carbocycles. The number of fused-ring (bicyclic) bond motifs is 2. The van der Waals surface area contributed by atoms with E-state index < -0.39 is 0 Å². The quantitative estimate of drug-likeness (QED) is 0.504. The van der Waals surface area contributed by atoms with Crippen molar-refractivity contribution in [3.05, 3.63) is 65.4 Å². The molecule has 154 valence electrons. The minimum atomic E-state index is -0.0196. The van der Waals surface area contributed by atoms with Crippen LogP contribution in [0.4, 0.5) is 0 Å². The molecule has 6 nitrogen and oxygen atoms in total. The van der Waals surface area contributed by atoms with E-state index in [4.69, 9.17) is 9.40 Å². The zero-order chi connectivity index (χ0) is 20.7. The first-order valence-corrected chi connectivity index (χ1v) is 11.0. The first-order chi connectivity index (χ1) is 14.4. The molecular formula is C23H25N5OS. The van der Waals surface area contributed by atoms with Crippen molar-refractivity contribution in [2.24, 2.45) is 0 Å². The molecule has 30 heavy (non-hydrogen) atoms. The zero-order valence-corrected chi connectivity index (χ0v) is 18.3. The lowest BCUT2D eigenvalue weighted by Crippen LogP contribution is -2.31. The zero-order valence-electron chi connectivity index (χ0n) is 17.5. The maximum Gasteiger partial charge on any atom is 0.174 e. The van der Waals surface area contributed by atoms with E-state index in [1.54, 1.807) is 0 Å². The molecule has 1 aliphatic heterocycles. The minimum Gasteiger partial charge on any atom is -0.453 e. The second-order valence-corrected chi connectivity index (χ2v) is 9.75. The molecule has 0 atom stereocenters. The average molecular weight is 420 g/mol. The molecule has 0 radical (unpaired) electrons. The van der Waals surface area contributed by atoms with Gasteiger partial charge in [0.2, 0.25) is 0 Å². The molecule has 0 unspecified atom stereocenters. The van der Waals surface area contributed by atoms with Crippen LogP contribution in [0.3, 0.4) is 0 Å². The SMILES string of the molecule is CC(C)(C)c1ncc2c(n1)CCN(Cc1ccc(Sc3nc4ccccc4[nH]3)o1)C2. The fourth-order valence-corrected chi connectivity index (χ4v) is 4.44. The third-order valence-corrected chi connectivity index (χ3v) is 6.07. The van der Waals surface area contributed by atoms with E-state index in [1.807, 2.05) is 36.5 Å².